The Labute approximate surface area is 30.9 Å². The lowest BCUT2D eigenvalue weighted by Crippen LogP contribution is -1.95. The van der Waals surface area contributed by atoms with Gasteiger partial charge in [-0.15, -0.1) is 0 Å². The molecular formula is C3H5N2. The van der Waals surface area contributed by atoms with Crippen molar-refractivity contribution in [2.24, 2.45) is 4.99 Å². The molecule has 0 bridgehead atoms. The predicted octanol–water partition coefficient (Wildman–Crippen LogP) is -0.367. The molecule has 0 fully saturated rings. The quantitative estimate of drug-likeness (QED) is 0.371. The molecule has 5 heavy (non-hydrogen) atoms. The molecule has 0 aromatic heterocycles. The van der Waals surface area contributed by atoms with E-state index in [2.05, 4.69) is 10.3 Å². The summed E-state index contributed by atoms with van der Waals surface area (Å²) in [6.45, 7) is 1.53. The fraction of sp³-hybridized carbons (Fsp3) is 0.667. The van der Waals surface area contributed by atoms with Gasteiger partial charge in [0.25, 0.3) is 0 Å². The number of rotatable bonds is 0. The fourth-order valence-electron chi connectivity index (χ4n) is 0.289. The minimum absolute atomic E-state index is 0.694. The first-order valence-electron chi connectivity index (χ1n) is 1.62. The number of nitrogens with zero attached hydrogens (tertiary/aromatic N) is 2. The van der Waals surface area contributed by atoms with Crippen LogP contribution >= 0.6 is 0 Å². The van der Waals surface area contributed by atoms with Gasteiger partial charge >= 0.3 is 0 Å². The summed E-state index contributed by atoms with van der Waals surface area (Å²) in [4.78, 5) is 3.79. The number of hydrogen-bond donors (Lipinski definition) is 0. The monoisotopic (exact) mass is 69.0 g/mol. The van der Waals surface area contributed by atoms with Crippen molar-refractivity contribution in [1.82, 2.24) is 5.32 Å². The highest BCUT2D eigenvalue weighted by atomic mass is 15.0. The second-order valence-corrected chi connectivity index (χ2v) is 0.913. The highest BCUT2D eigenvalue weighted by Gasteiger charge is 1.85. The molecule has 0 aliphatic carbocycles. The molecule has 0 saturated carbocycles. The third-order valence-electron chi connectivity index (χ3n) is 0.521. The zero-order valence-electron chi connectivity index (χ0n) is 2.89. The van der Waals surface area contributed by atoms with E-state index < -0.39 is 0 Å². The summed E-state index contributed by atoms with van der Waals surface area (Å²) in [5.41, 5.74) is 0. The van der Waals surface area contributed by atoms with Crippen LogP contribution in [0.25, 0.3) is 0 Å². The van der Waals surface area contributed by atoms with Crippen molar-refractivity contribution in [2.75, 3.05) is 13.2 Å². The zero-order chi connectivity index (χ0) is 3.54. The van der Waals surface area contributed by atoms with Gasteiger partial charge in [-0.25, -0.2) is 5.32 Å². The first-order valence-corrected chi connectivity index (χ1v) is 1.62. The molecule has 0 unspecified atom stereocenters. The maximum absolute atomic E-state index is 3.86. The molecule has 0 aromatic carbocycles. The van der Waals surface area contributed by atoms with Crippen molar-refractivity contribution in [1.29, 1.82) is 0 Å². The van der Waals surface area contributed by atoms with Gasteiger partial charge in [-0.3, -0.25) is 4.99 Å². The Morgan fingerprint density at radius 3 is 2.80 bits per heavy atom. The maximum Gasteiger partial charge on any atom is 0.104 e. The van der Waals surface area contributed by atoms with Crippen molar-refractivity contribution in [3.8, 4) is 0 Å². The van der Waals surface area contributed by atoms with Crippen LogP contribution in [0.1, 0.15) is 0 Å². The molecule has 2 heteroatoms. The number of aliphatic imine (C=N–C) groups is 1. The Kier molecular flexibility index (Phi) is 0.667. The molecule has 27 valence electrons. The van der Waals surface area contributed by atoms with E-state index in [-0.39, 0.29) is 0 Å². The van der Waals surface area contributed by atoms with Crippen LogP contribution in [-0.2, 0) is 0 Å². The van der Waals surface area contributed by atoms with E-state index in [1.54, 1.807) is 0 Å². The molecule has 0 aromatic rings. The summed E-state index contributed by atoms with van der Waals surface area (Å²) in [6.07, 6.45) is 1.82. The number of hydrogen-bond acceptors (Lipinski definition) is 1. The second kappa shape index (κ2) is 1.17. The van der Waals surface area contributed by atoms with E-state index in [0.29, 0.717) is 6.67 Å². The van der Waals surface area contributed by atoms with E-state index in [0.717, 1.165) is 6.54 Å². The van der Waals surface area contributed by atoms with Crippen molar-refractivity contribution < 1.29 is 0 Å². The molecule has 0 atom stereocenters. The van der Waals surface area contributed by atoms with Gasteiger partial charge in [0.1, 0.15) is 6.67 Å². The van der Waals surface area contributed by atoms with Crippen LogP contribution in [-0.4, -0.2) is 19.4 Å². The summed E-state index contributed by atoms with van der Waals surface area (Å²) in [7, 11) is 0. The van der Waals surface area contributed by atoms with Crippen LogP contribution in [0.2, 0.25) is 0 Å². The van der Waals surface area contributed by atoms with E-state index >= 15 is 0 Å². The third kappa shape index (κ3) is 0.450. The minimum atomic E-state index is 0.694. The van der Waals surface area contributed by atoms with Crippen LogP contribution in [0, 0.1) is 0 Å². The van der Waals surface area contributed by atoms with E-state index in [4.69, 9.17) is 0 Å². The van der Waals surface area contributed by atoms with Crippen LogP contribution in [0.4, 0.5) is 0 Å². The molecule has 1 heterocycles. The van der Waals surface area contributed by atoms with Crippen molar-refractivity contribution in [3.05, 3.63) is 0 Å². The van der Waals surface area contributed by atoms with Crippen LogP contribution in [0.15, 0.2) is 4.99 Å². The SMILES string of the molecule is C1=NC[N]C1. The van der Waals surface area contributed by atoms with Crippen LogP contribution < -0.4 is 5.32 Å². The topological polar surface area (TPSA) is 26.5 Å². The van der Waals surface area contributed by atoms with E-state index in [9.17, 15) is 0 Å². The highest BCUT2D eigenvalue weighted by molar-refractivity contribution is 5.61. The summed E-state index contributed by atoms with van der Waals surface area (Å²) in [5.74, 6) is 0. The molecule has 0 saturated heterocycles. The molecule has 1 rings (SSSR count). The molecular weight excluding hydrogens is 64.0 g/mol. The molecule has 2 nitrogen and oxygen atoms in total. The van der Waals surface area contributed by atoms with Crippen molar-refractivity contribution in [2.45, 2.75) is 0 Å². The van der Waals surface area contributed by atoms with Crippen molar-refractivity contribution >= 4 is 6.21 Å². The Balaban J connectivity index is 2.32. The van der Waals surface area contributed by atoms with Gasteiger partial charge in [0.15, 0.2) is 0 Å². The average Bonchev–Trinajstić information content (AvgIpc) is 1.76. The van der Waals surface area contributed by atoms with Gasteiger partial charge in [0.05, 0.1) is 6.54 Å². The molecule has 0 spiro atoms. The summed E-state index contributed by atoms with van der Waals surface area (Å²) in [5, 5.41) is 3.86. The van der Waals surface area contributed by atoms with Gasteiger partial charge in [-0.2, -0.15) is 0 Å². The maximum atomic E-state index is 3.86. The Hall–Kier alpha value is -0.370. The normalized spacial score (nSPS) is 20.8. The first kappa shape index (κ1) is 2.85. The van der Waals surface area contributed by atoms with E-state index in [1.807, 2.05) is 6.21 Å². The lowest BCUT2D eigenvalue weighted by atomic mass is 10.8. The highest BCUT2D eigenvalue weighted by Crippen LogP contribution is 1.70. The fourth-order valence-corrected chi connectivity index (χ4v) is 0.289. The largest absolute Gasteiger partial charge is 0.279 e. The summed E-state index contributed by atoms with van der Waals surface area (Å²) >= 11 is 0. The molecule has 1 radical (unpaired) electrons. The van der Waals surface area contributed by atoms with Crippen molar-refractivity contribution in [3.63, 3.8) is 0 Å². The first-order chi connectivity index (χ1) is 2.50. The van der Waals surface area contributed by atoms with Gasteiger partial charge in [0.2, 0.25) is 0 Å². The molecule has 0 N–H and O–H groups in total. The average molecular weight is 69.1 g/mol. The zero-order valence-corrected chi connectivity index (χ0v) is 2.89. The minimum Gasteiger partial charge on any atom is -0.279 e. The predicted molar refractivity (Wildman–Crippen MR) is 20.4 cm³/mol. The molecule has 0 amide bonds. The van der Waals surface area contributed by atoms with Crippen LogP contribution in [0.5, 0.6) is 0 Å². The lowest BCUT2D eigenvalue weighted by Gasteiger charge is -1.71. The summed E-state index contributed by atoms with van der Waals surface area (Å²) in [6, 6.07) is 0. The Morgan fingerprint density at radius 2 is 2.60 bits per heavy atom. The van der Waals surface area contributed by atoms with Crippen LogP contribution in [0.3, 0.4) is 0 Å². The van der Waals surface area contributed by atoms with Gasteiger partial charge in [-0.1, -0.05) is 0 Å². The summed E-state index contributed by atoms with van der Waals surface area (Å²) < 4.78 is 0. The van der Waals surface area contributed by atoms with Gasteiger partial charge in [-0.05, 0) is 0 Å². The Bertz CT molecular complexity index is 42.9. The third-order valence-corrected chi connectivity index (χ3v) is 0.521. The lowest BCUT2D eigenvalue weighted by molar-refractivity contribution is 0.832. The molecule has 1 aliphatic heterocycles. The van der Waals surface area contributed by atoms with Gasteiger partial charge in [0, 0.05) is 6.21 Å². The molecule has 1 aliphatic rings. The second-order valence-electron chi connectivity index (χ2n) is 0.913. The Morgan fingerprint density at radius 1 is 1.60 bits per heavy atom. The standard InChI is InChI=1S/C3H5N2/c1-2-5-3-4-1/h1H,2-3H2. The smallest absolute Gasteiger partial charge is 0.104 e. The van der Waals surface area contributed by atoms with Gasteiger partial charge < -0.3 is 0 Å². The van der Waals surface area contributed by atoms with E-state index in [1.165, 1.54) is 0 Å².